The van der Waals surface area contributed by atoms with Crippen LogP contribution in [0.3, 0.4) is 0 Å². The van der Waals surface area contributed by atoms with Crippen LogP contribution in [0.2, 0.25) is 0 Å². The molecular formula is C34H46N6O5. The van der Waals surface area contributed by atoms with Crippen molar-refractivity contribution in [2.24, 2.45) is 5.92 Å². The van der Waals surface area contributed by atoms with Gasteiger partial charge >= 0.3 is 5.97 Å². The fourth-order valence-electron chi connectivity index (χ4n) is 7.05. The second-order valence-corrected chi connectivity index (χ2v) is 12.4. The zero-order valence-electron chi connectivity index (χ0n) is 27.2. The maximum Gasteiger partial charge on any atom is 0.311 e. The first-order valence-electron chi connectivity index (χ1n) is 16.4. The molecule has 0 bridgehead atoms. The Bertz CT molecular complexity index is 1490. The lowest BCUT2D eigenvalue weighted by molar-refractivity contribution is -0.149. The van der Waals surface area contributed by atoms with Crippen molar-refractivity contribution in [3.8, 4) is 17.0 Å². The quantitative estimate of drug-likeness (QED) is 0.328. The summed E-state index contributed by atoms with van der Waals surface area (Å²) in [6, 6.07) is 10.3. The van der Waals surface area contributed by atoms with Gasteiger partial charge in [0, 0.05) is 44.8 Å². The molecule has 3 aromatic rings. The highest BCUT2D eigenvalue weighted by Gasteiger charge is 2.36. The molecule has 3 fully saturated rings. The molecule has 11 nitrogen and oxygen atoms in total. The first-order valence-corrected chi connectivity index (χ1v) is 16.4. The molecule has 2 aromatic heterocycles. The van der Waals surface area contributed by atoms with Gasteiger partial charge in [-0.1, -0.05) is 12.8 Å². The molecule has 0 radical (unpaired) electrons. The second-order valence-electron chi connectivity index (χ2n) is 12.4. The summed E-state index contributed by atoms with van der Waals surface area (Å²) in [6.45, 7) is 10.7. The van der Waals surface area contributed by atoms with E-state index in [4.69, 9.17) is 33.9 Å². The molecule has 4 unspecified atom stereocenters. The first-order chi connectivity index (χ1) is 21.9. The van der Waals surface area contributed by atoms with Gasteiger partial charge in [-0.2, -0.15) is 9.97 Å². The third kappa shape index (κ3) is 6.65. The van der Waals surface area contributed by atoms with Crippen molar-refractivity contribution < 1.29 is 23.7 Å². The van der Waals surface area contributed by atoms with Crippen LogP contribution in [0.4, 0.5) is 17.5 Å². The zero-order valence-corrected chi connectivity index (χ0v) is 27.2. The molecule has 1 aliphatic carbocycles. The van der Waals surface area contributed by atoms with Crippen LogP contribution in [0, 0.1) is 5.92 Å². The van der Waals surface area contributed by atoms with E-state index in [0.717, 1.165) is 85.8 Å². The Balaban J connectivity index is 1.39. The summed E-state index contributed by atoms with van der Waals surface area (Å²) in [5.74, 6) is 2.03. The van der Waals surface area contributed by atoms with E-state index in [-0.39, 0.29) is 30.1 Å². The number of pyridine rings is 1. The Morgan fingerprint density at radius 2 is 1.76 bits per heavy atom. The minimum atomic E-state index is -0.171. The molecule has 2 aliphatic heterocycles. The van der Waals surface area contributed by atoms with Gasteiger partial charge in [-0.3, -0.25) is 4.79 Å². The van der Waals surface area contributed by atoms with E-state index < -0.39 is 0 Å². The van der Waals surface area contributed by atoms with Crippen molar-refractivity contribution in [2.45, 2.75) is 64.7 Å². The molecule has 0 spiro atoms. The van der Waals surface area contributed by atoms with Gasteiger partial charge in [0.15, 0.2) is 5.65 Å². The van der Waals surface area contributed by atoms with Crippen LogP contribution in [-0.2, 0) is 19.0 Å². The highest BCUT2D eigenvalue weighted by Crippen LogP contribution is 2.39. The average molecular weight is 619 g/mol. The van der Waals surface area contributed by atoms with Gasteiger partial charge in [0.25, 0.3) is 0 Å². The van der Waals surface area contributed by atoms with Crippen molar-refractivity contribution in [3.63, 3.8) is 0 Å². The van der Waals surface area contributed by atoms with Gasteiger partial charge in [0.1, 0.15) is 11.6 Å². The van der Waals surface area contributed by atoms with Crippen LogP contribution < -0.4 is 19.4 Å². The second kappa shape index (κ2) is 13.7. The van der Waals surface area contributed by atoms with Crippen molar-refractivity contribution in [1.82, 2.24) is 15.0 Å². The Kier molecular flexibility index (Phi) is 9.56. The Hall–Kier alpha value is -3.70. The van der Waals surface area contributed by atoms with E-state index >= 15 is 0 Å². The lowest BCUT2D eigenvalue weighted by Gasteiger charge is -2.38. The number of fused-ring (bicyclic) bond motifs is 1. The number of aromatic nitrogens is 3. The SMILES string of the molecule is CCOC(=O)C1CCCCC1N(C)c1cc(-c2ccc3c(N4CCOCC4)nc(N4CC(C)OC(C)C4)nc3n2)ccc1OC. The van der Waals surface area contributed by atoms with Crippen molar-refractivity contribution >= 4 is 34.5 Å². The number of carbonyl (C=O) groups is 1. The number of hydrogen-bond donors (Lipinski definition) is 0. The number of ether oxygens (including phenoxy) is 4. The highest BCUT2D eigenvalue weighted by atomic mass is 16.5. The van der Waals surface area contributed by atoms with Crippen LogP contribution in [-0.4, -0.2) is 99.3 Å². The molecule has 0 N–H and O–H groups in total. The predicted molar refractivity (Wildman–Crippen MR) is 175 cm³/mol. The number of carbonyl (C=O) groups excluding carboxylic acids is 1. The lowest BCUT2D eigenvalue weighted by atomic mass is 9.83. The molecule has 0 amide bonds. The van der Waals surface area contributed by atoms with E-state index in [0.29, 0.717) is 31.4 Å². The largest absolute Gasteiger partial charge is 0.495 e. The fourth-order valence-corrected chi connectivity index (χ4v) is 7.05. The summed E-state index contributed by atoms with van der Waals surface area (Å²) in [5.41, 5.74) is 3.34. The van der Waals surface area contributed by atoms with Crippen molar-refractivity contribution in [1.29, 1.82) is 0 Å². The summed E-state index contributed by atoms with van der Waals surface area (Å²) >= 11 is 0. The fraction of sp³-hybridized carbons (Fsp3) is 0.588. The molecule has 3 aliphatic rings. The molecule has 45 heavy (non-hydrogen) atoms. The average Bonchev–Trinajstić information content (AvgIpc) is 3.07. The van der Waals surface area contributed by atoms with Gasteiger partial charge in [-0.25, -0.2) is 4.98 Å². The highest BCUT2D eigenvalue weighted by molar-refractivity contribution is 5.90. The van der Waals surface area contributed by atoms with Gasteiger partial charge in [-0.05, 0) is 63.9 Å². The normalized spacial score (nSPS) is 24.0. The van der Waals surface area contributed by atoms with E-state index in [1.165, 1.54) is 0 Å². The van der Waals surface area contributed by atoms with E-state index in [1.807, 2.05) is 25.1 Å². The molecule has 2 saturated heterocycles. The molecule has 6 rings (SSSR count). The number of anilines is 3. The number of morpholine rings is 2. The third-order valence-corrected chi connectivity index (χ3v) is 9.21. The maximum atomic E-state index is 12.9. The molecule has 242 valence electrons. The number of nitrogens with zero attached hydrogens (tertiary/aromatic N) is 6. The number of benzene rings is 1. The topological polar surface area (TPSA) is 102 Å². The number of rotatable bonds is 8. The van der Waals surface area contributed by atoms with Crippen LogP contribution in [0.5, 0.6) is 5.75 Å². The summed E-state index contributed by atoms with van der Waals surface area (Å²) in [4.78, 5) is 34.8. The van der Waals surface area contributed by atoms with Crippen LogP contribution in [0.1, 0.15) is 46.5 Å². The van der Waals surface area contributed by atoms with Crippen LogP contribution >= 0.6 is 0 Å². The molecular weight excluding hydrogens is 572 g/mol. The monoisotopic (exact) mass is 618 g/mol. The van der Waals surface area contributed by atoms with Crippen molar-refractivity contribution in [2.75, 3.05) is 74.9 Å². The molecule has 4 heterocycles. The predicted octanol–water partition coefficient (Wildman–Crippen LogP) is 4.71. The lowest BCUT2D eigenvalue weighted by Crippen LogP contribution is -2.46. The maximum absolute atomic E-state index is 12.9. The minimum absolute atomic E-state index is 0.0243. The minimum Gasteiger partial charge on any atom is -0.495 e. The van der Waals surface area contributed by atoms with Gasteiger partial charge in [-0.15, -0.1) is 0 Å². The van der Waals surface area contributed by atoms with Gasteiger partial charge in [0.05, 0.1) is 61.8 Å². The van der Waals surface area contributed by atoms with E-state index in [1.54, 1.807) is 7.11 Å². The number of hydrogen-bond acceptors (Lipinski definition) is 11. The Labute approximate surface area is 265 Å². The molecule has 1 aromatic carbocycles. The van der Waals surface area contributed by atoms with E-state index in [2.05, 4.69) is 47.7 Å². The first kappa shape index (κ1) is 31.3. The van der Waals surface area contributed by atoms with Crippen LogP contribution in [0.25, 0.3) is 22.3 Å². The standard InChI is InChI=1S/C34H46N6O5/c1-6-44-33(41)25-9-7-8-10-28(25)38(4)29-19-24(11-14-30(29)42-5)27-13-12-26-31(35-27)36-34(40-20-22(2)45-23(3)21-40)37-32(26)39-15-17-43-18-16-39/h11-14,19,22-23,25,28H,6-10,15-18,20-21H2,1-5H3. The van der Waals surface area contributed by atoms with Crippen molar-refractivity contribution in [3.05, 3.63) is 30.3 Å². The van der Waals surface area contributed by atoms with E-state index in [9.17, 15) is 4.79 Å². The van der Waals surface area contributed by atoms with Crippen LogP contribution in [0.15, 0.2) is 30.3 Å². The zero-order chi connectivity index (χ0) is 31.5. The smallest absolute Gasteiger partial charge is 0.311 e. The summed E-state index contributed by atoms with van der Waals surface area (Å²) < 4.78 is 22.9. The van der Waals surface area contributed by atoms with Gasteiger partial charge < -0.3 is 33.6 Å². The summed E-state index contributed by atoms with van der Waals surface area (Å²) in [7, 11) is 3.74. The molecule has 1 saturated carbocycles. The Morgan fingerprint density at radius 3 is 2.49 bits per heavy atom. The molecule has 11 heteroatoms. The Morgan fingerprint density at radius 1 is 1.00 bits per heavy atom. The number of methoxy groups -OCH3 is 1. The third-order valence-electron chi connectivity index (χ3n) is 9.21. The summed E-state index contributed by atoms with van der Waals surface area (Å²) in [5, 5.41) is 0.920. The summed E-state index contributed by atoms with van der Waals surface area (Å²) in [6.07, 6.45) is 4.03. The number of esters is 1. The molecule has 4 atom stereocenters. The van der Waals surface area contributed by atoms with Gasteiger partial charge in [0.2, 0.25) is 5.95 Å².